The fourth-order valence-electron chi connectivity index (χ4n) is 4.36. The van der Waals surface area contributed by atoms with Crippen LogP contribution in [0.15, 0.2) is 36.4 Å². The van der Waals surface area contributed by atoms with E-state index in [-0.39, 0.29) is 17.5 Å². The number of aryl methyl sites for hydroxylation is 2. The van der Waals surface area contributed by atoms with Crippen molar-refractivity contribution in [3.8, 4) is 0 Å². The van der Waals surface area contributed by atoms with Gasteiger partial charge in [0.1, 0.15) is 5.82 Å². The molecule has 1 aromatic heterocycles. The minimum atomic E-state index is 0.0865. The van der Waals surface area contributed by atoms with Gasteiger partial charge < -0.3 is 9.72 Å². The molecule has 1 radical (unpaired) electrons. The molecule has 1 N–H and O–H groups in total. The lowest BCUT2D eigenvalue weighted by Crippen LogP contribution is -2.42. The molecule has 0 amide bonds. The van der Waals surface area contributed by atoms with Crippen molar-refractivity contribution in [3.05, 3.63) is 70.1 Å². The van der Waals surface area contributed by atoms with Gasteiger partial charge in [0.2, 0.25) is 0 Å². The second kappa shape index (κ2) is 8.17. The number of aromatic amines is 1. The first kappa shape index (κ1) is 20.9. The summed E-state index contributed by atoms with van der Waals surface area (Å²) in [5.41, 5.74) is 5.45. The lowest BCUT2D eigenvalue weighted by Gasteiger charge is -2.34. The molecule has 5 nitrogen and oxygen atoms in total. The highest BCUT2D eigenvalue weighted by atomic mass is 35.5. The van der Waals surface area contributed by atoms with E-state index < -0.39 is 0 Å². The van der Waals surface area contributed by atoms with E-state index in [1.807, 2.05) is 30.8 Å². The van der Waals surface area contributed by atoms with Gasteiger partial charge in [0.05, 0.1) is 34.8 Å². The predicted molar refractivity (Wildman–Crippen MR) is 127 cm³/mol. The van der Waals surface area contributed by atoms with Crippen LogP contribution in [0.5, 0.6) is 0 Å². The van der Waals surface area contributed by atoms with Crippen molar-refractivity contribution in [2.45, 2.75) is 44.7 Å². The standard InChI is InChI=1S/C24H26ClN4OS/c1-14-5-7-17(8-6-14)22-13-28(16(3)31-22)29-12-18(30-4)11-21(29)24-26-20-10-9-19(25)15(2)23(20)27-24/h5-10,16,18,21H,11-12H2,1-4H3,(H,26,27)/t16?,18-,21+/m1/s1. The van der Waals surface area contributed by atoms with Gasteiger partial charge >= 0.3 is 0 Å². The molecule has 0 spiro atoms. The Kier molecular flexibility index (Phi) is 5.51. The largest absolute Gasteiger partial charge is 0.380 e. The average molecular weight is 454 g/mol. The van der Waals surface area contributed by atoms with Gasteiger partial charge in [-0.05, 0) is 50.5 Å². The summed E-state index contributed by atoms with van der Waals surface area (Å²) in [6, 6.07) is 12.6. The number of hydrazine groups is 1. The molecule has 1 saturated heterocycles. The van der Waals surface area contributed by atoms with E-state index in [9.17, 15) is 0 Å². The third-order valence-electron chi connectivity index (χ3n) is 6.20. The summed E-state index contributed by atoms with van der Waals surface area (Å²) in [5.74, 6) is 0.947. The van der Waals surface area contributed by atoms with E-state index in [0.29, 0.717) is 0 Å². The van der Waals surface area contributed by atoms with Crippen LogP contribution in [0.3, 0.4) is 0 Å². The molecule has 5 rings (SSSR count). The number of benzene rings is 2. The van der Waals surface area contributed by atoms with E-state index in [0.717, 1.165) is 40.4 Å². The molecular formula is C24H26ClN4OS. The van der Waals surface area contributed by atoms with Crippen molar-refractivity contribution in [2.24, 2.45) is 0 Å². The molecule has 0 aliphatic carbocycles. The third kappa shape index (κ3) is 3.76. The van der Waals surface area contributed by atoms with Crippen LogP contribution in [0.1, 0.15) is 41.9 Å². The maximum absolute atomic E-state index is 6.34. The summed E-state index contributed by atoms with van der Waals surface area (Å²) in [6.07, 6.45) is 4.65. The second-order valence-electron chi connectivity index (χ2n) is 8.29. The van der Waals surface area contributed by atoms with Crippen LogP contribution in [-0.4, -0.2) is 45.1 Å². The fraction of sp³-hybridized carbons (Fsp3) is 0.375. The maximum Gasteiger partial charge on any atom is 0.126 e. The van der Waals surface area contributed by atoms with Crippen molar-refractivity contribution < 1.29 is 4.74 Å². The predicted octanol–water partition coefficient (Wildman–Crippen LogP) is 5.71. The first-order valence-corrected chi connectivity index (χ1v) is 11.8. The SMILES string of the molecule is CO[C@@H]1C[C@@H](c2nc3ccc(Cl)c(C)c3[nH]2)N(N2[C]=C(c3ccc(C)cc3)SC2C)C1. The van der Waals surface area contributed by atoms with E-state index in [2.05, 4.69) is 59.3 Å². The van der Waals surface area contributed by atoms with Crippen molar-refractivity contribution >= 4 is 39.3 Å². The average Bonchev–Trinajstić information content (AvgIpc) is 3.47. The minimum absolute atomic E-state index is 0.0865. The molecule has 1 fully saturated rings. The van der Waals surface area contributed by atoms with Gasteiger partial charge in [0.25, 0.3) is 0 Å². The molecule has 0 saturated carbocycles. The van der Waals surface area contributed by atoms with Crippen molar-refractivity contribution in [1.29, 1.82) is 0 Å². The molecule has 3 heterocycles. The summed E-state index contributed by atoms with van der Waals surface area (Å²) in [7, 11) is 1.78. The minimum Gasteiger partial charge on any atom is -0.380 e. The van der Waals surface area contributed by atoms with Crippen LogP contribution in [0.2, 0.25) is 5.02 Å². The van der Waals surface area contributed by atoms with Crippen LogP contribution in [0, 0.1) is 20.0 Å². The number of thioether (sulfide) groups is 1. The van der Waals surface area contributed by atoms with Crippen molar-refractivity contribution in [3.63, 3.8) is 0 Å². The summed E-state index contributed by atoms with van der Waals surface area (Å²) in [6.45, 7) is 7.16. The van der Waals surface area contributed by atoms with Crippen molar-refractivity contribution in [2.75, 3.05) is 13.7 Å². The molecule has 7 heteroatoms. The number of ether oxygens (including phenoxy) is 1. The first-order valence-electron chi connectivity index (χ1n) is 10.5. The molecule has 2 aliphatic heterocycles. The molecule has 1 unspecified atom stereocenters. The number of nitrogens with one attached hydrogen (secondary N) is 1. The number of imidazole rings is 1. The molecule has 161 valence electrons. The van der Waals surface area contributed by atoms with Crippen LogP contribution in [-0.2, 0) is 4.74 Å². The fourth-order valence-corrected chi connectivity index (χ4v) is 5.55. The first-order chi connectivity index (χ1) is 14.9. The van der Waals surface area contributed by atoms with E-state index in [1.54, 1.807) is 7.11 Å². The summed E-state index contributed by atoms with van der Waals surface area (Å²) in [4.78, 5) is 9.63. The Morgan fingerprint density at radius 3 is 2.71 bits per heavy atom. The Balaban J connectivity index is 1.49. The number of methoxy groups -OCH3 is 1. The van der Waals surface area contributed by atoms with Gasteiger partial charge in [-0.15, -0.1) is 0 Å². The van der Waals surface area contributed by atoms with Crippen LogP contribution >= 0.6 is 23.4 Å². The molecule has 3 aromatic rings. The van der Waals surface area contributed by atoms with Gasteiger partial charge in [-0.3, -0.25) is 5.01 Å². The smallest absolute Gasteiger partial charge is 0.126 e. The zero-order valence-electron chi connectivity index (χ0n) is 18.1. The summed E-state index contributed by atoms with van der Waals surface area (Å²) < 4.78 is 5.76. The number of hydrogen-bond acceptors (Lipinski definition) is 5. The molecule has 2 aromatic carbocycles. The van der Waals surface area contributed by atoms with Crippen LogP contribution < -0.4 is 0 Å². The maximum atomic E-state index is 6.34. The number of hydrogen-bond donors (Lipinski definition) is 1. The Hall–Kier alpha value is -1.99. The van der Waals surface area contributed by atoms with Crippen molar-refractivity contribution in [1.82, 2.24) is 20.0 Å². The lowest BCUT2D eigenvalue weighted by atomic mass is 10.1. The van der Waals surface area contributed by atoms with E-state index >= 15 is 0 Å². The van der Waals surface area contributed by atoms with Crippen LogP contribution in [0.4, 0.5) is 0 Å². The Labute approximate surface area is 192 Å². The highest BCUT2D eigenvalue weighted by Crippen LogP contribution is 2.44. The highest BCUT2D eigenvalue weighted by Gasteiger charge is 2.41. The molecule has 0 bridgehead atoms. The van der Waals surface area contributed by atoms with Gasteiger partial charge in [-0.2, -0.15) is 0 Å². The summed E-state index contributed by atoms with van der Waals surface area (Å²) >= 11 is 8.17. The molecule has 31 heavy (non-hydrogen) atoms. The number of nitrogens with zero attached hydrogens (tertiary/aromatic N) is 3. The number of aromatic nitrogens is 2. The number of halogens is 1. The monoisotopic (exact) mass is 453 g/mol. The topological polar surface area (TPSA) is 44.4 Å². The van der Waals surface area contributed by atoms with Gasteiger partial charge in [-0.25, -0.2) is 9.99 Å². The van der Waals surface area contributed by atoms with Crippen LogP contribution in [0.25, 0.3) is 15.9 Å². The van der Waals surface area contributed by atoms with E-state index in [1.165, 1.54) is 16.0 Å². The van der Waals surface area contributed by atoms with Gasteiger partial charge in [0.15, 0.2) is 0 Å². The Morgan fingerprint density at radius 2 is 1.97 bits per heavy atom. The summed E-state index contributed by atoms with van der Waals surface area (Å²) in [5, 5.41) is 5.58. The number of H-pyrrole nitrogens is 1. The zero-order valence-corrected chi connectivity index (χ0v) is 19.7. The molecule has 3 atom stereocenters. The quantitative estimate of drug-likeness (QED) is 0.548. The third-order valence-corrected chi connectivity index (χ3v) is 7.71. The number of fused-ring (bicyclic) bond motifs is 1. The Morgan fingerprint density at radius 1 is 1.19 bits per heavy atom. The zero-order chi connectivity index (χ0) is 21.7. The number of rotatable bonds is 4. The van der Waals surface area contributed by atoms with Gasteiger partial charge in [0, 0.05) is 23.6 Å². The second-order valence-corrected chi connectivity index (χ2v) is 10.0. The normalized spacial score (nSPS) is 24.4. The Bertz CT molecular complexity index is 1140. The molecule has 2 aliphatic rings. The van der Waals surface area contributed by atoms with E-state index in [4.69, 9.17) is 21.3 Å². The molecular weight excluding hydrogens is 428 g/mol. The lowest BCUT2D eigenvalue weighted by molar-refractivity contribution is -0.0154. The highest BCUT2D eigenvalue weighted by molar-refractivity contribution is 8.09. The van der Waals surface area contributed by atoms with Gasteiger partial charge in [-0.1, -0.05) is 53.2 Å².